The Morgan fingerprint density at radius 3 is 2.20 bits per heavy atom. The van der Waals surface area contributed by atoms with E-state index in [4.69, 9.17) is 5.73 Å². The highest BCUT2D eigenvalue weighted by Crippen LogP contribution is 2.16. The van der Waals surface area contributed by atoms with Crippen LogP contribution in [-0.4, -0.2) is 38.5 Å². The van der Waals surface area contributed by atoms with Crippen LogP contribution in [0.3, 0.4) is 0 Å². The van der Waals surface area contributed by atoms with Crippen molar-refractivity contribution in [3.63, 3.8) is 0 Å². The second kappa shape index (κ2) is 7.06. The summed E-state index contributed by atoms with van der Waals surface area (Å²) in [6.07, 6.45) is 0. The lowest BCUT2D eigenvalue weighted by Gasteiger charge is -2.30. The predicted molar refractivity (Wildman–Crippen MR) is 83.0 cm³/mol. The number of hydrogen-bond donors (Lipinski definition) is 2. The molecule has 0 fully saturated rings. The maximum atomic E-state index is 12.2. The minimum Gasteiger partial charge on any atom is -0.398 e. The van der Waals surface area contributed by atoms with E-state index in [1.807, 2.05) is 0 Å². The number of rotatable bonds is 7. The average molecular weight is 299 g/mol. The molecular formula is C14H25N3O2S. The second-order valence-electron chi connectivity index (χ2n) is 5.36. The largest absolute Gasteiger partial charge is 0.398 e. The molecule has 0 amide bonds. The van der Waals surface area contributed by atoms with Crippen molar-refractivity contribution in [2.45, 2.75) is 44.7 Å². The Morgan fingerprint density at radius 2 is 1.70 bits per heavy atom. The summed E-state index contributed by atoms with van der Waals surface area (Å²) in [6.45, 7) is 9.44. The molecule has 0 saturated heterocycles. The van der Waals surface area contributed by atoms with Crippen LogP contribution in [0.2, 0.25) is 0 Å². The van der Waals surface area contributed by atoms with Crippen molar-refractivity contribution < 1.29 is 8.42 Å². The van der Waals surface area contributed by atoms with Gasteiger partial charge in [0.2, 0.25) is 10.0 Å². The van der Waals surface area contributed by atoms with Gasteiger partial charge >= 0.3 is 0 Å². The lowest BCUT2D eigenvalue weighted by atomic mass is 10.2. The molecule has 114 valence electrons. The van der Waals surface area contributed by atoms with Crippen LogP contribution in [0.1, 0.15) is 27.7 Å². The Bertz CT molecular complexity index is 519. The van der Waals surface area contributed by atoms with Crippen LogP contribution in [-0.2, 0) is 10.0 Å². The van der Waals surface area contributed by atoms with Crippen molar-refractivity contribution in [3.05, 3.63) is 24.3 Å². The number of nitrogens with one attached hydrogen (secondary N) is 1. The summed E-state index contributed by atoms with van der Waals surface area (Å²) >= 11 is 0. The van der Waals surface area contributed by atoms with Crippen LogP contribution >= 0.6 is 0 Å². The number of hydrogen-bond acceptors (Lipinski definition) is 4. The van der Waals surface area contributed by atoms with Gasteiger partial charge in [-0.25, -0.2) is 13.1 Å². The van der Waals surface area contributed by atoms with Crippen LogP contribution < -0.4 is 10.5 Å². The number of para-hydroxylation sites is 1. The normalized spacial score (nSPS) is 12.6. The third-order valence-corrected chi connectivity index (χ3v) is 4.73. The summed E-state index contributed by atoms with van der Waals surface area (Å²) in [5, 5.41) is 0. The van der Waals surface area contributed by atoms with Crippen LogP contribution in [0.5, 0.6) is 0 Å². The van der Waals surface area contributed by atoms with Gasteiger partial charge in [-0.15, -0.1) is 0 Å². The molecule has 0 spiro atoms. The highest BCUT2D eigenvalue weighted by atomic mass is 32.2. The van der Waals surface area contributed by atoms with E-state index in [2.05, 4.69) is 37.3 Å². The number of nitrogens with zero attached hydrogens (tertiary/aromatic N) is 1. The van der Waals surface area contributed by atoms with Crippen molar-refractivity contribution in [1.29, 1.82) is 0 Å². The molecule has 0 aromatic heterocycles. The molecule has 0 aliphatic heterocycles. The first-order valence-corrected chi connectivity index (χ1v) is 8.34. The van der Waals surface area contributed by atoms with Crippen molar-refractivity contribution in [2.75, 3.05) is 18.8 Å². The third-order valence-electron chi connectivity index (χ3n) is 3.20. The standard InChI is InChI=1S/C14H25N3O2S/c1-11(2)17(12(3)4)10-9-16-20(18,19)14-8-6-5-7-13(14)15/h5-8,11-12,16H,9-10,15H2,1-4H3. The topological polar surface area (TPSA) is 75.4 Å². The first kappa shape index (κ1) is 16.9. The van der Waals surface area contributed by atoms with Crippen LogP contribution in [0.15, 0.2) is 29.2 Å². The number of sulfonamides is 1. The van der Waals surface area contributed by atoms with Crippen LogP contribution in [0.25, 0.3) is 0 Å². The molecule has 0 heterocycles. The molecule has 0 saturated carbocycles. The van der Waals surface area contributed by atoms with Crippen LogP contribution in [0, 0.1) is 0 Å². The molecule has 1 aromatic carbocycles. The summed E-state index contributed by atoms with van der Waals surface area (Å²) in [7, 11) is -3.54. The lowest BCUT2D eigenvalue weighted by Crippen LogP contribution is -2.42. The highest BCUT2D eigenvalue weighted by molar-refractivity contribution is 7.89. The highest BCUT2D eigenvalue weighted by Gasteiger charge is 2.18. The first-order valence-electron chi connectivity index (χ1n) is 6.85. The average Bonchev–Trinajstić information content (AvgIpc) is 2.34. The molecule has 0 aliphatic rings. The second-order valence-corrected chi connectivity index (χ2v) is 7.10. The summed E-state index contributed by atoms with van der Waals surface area (Å²) < 4.78 is 26.9. The monoisotopic (exact) mass is 299 g/mol. The third kappa shape index (κ3) is 4.47. The molecule has 0 atom stereocenters. The lowest BCUT2D eigenvalue weighted by molar-refractivity contribution is 0.179. The van der Waals surface area contributed by atoms with Crippen molar-refractivity contribution in [1.82, 2.24) is 9.62 Å². The van der Waals surface area contributed by atoms with Gasteiger partial charge in [-0.05, 0) is 39.8 Å². The van der Waals surface area contributed by atoms with Gasteiger partial charge in [0.05, 0.1) is 5.69 Å². The van der Waals surface area contributed by atoms with Gasteiger partial charge in [0, 0.05) is 25.2 Å². The van der Waals surface area contributed by atoms with Gasteiger partial charge in [-0.2, -0.15) is 0 Å². The molecular weight excluding hydrogens is 274 g/mol. The molecule has 1 rings (SSSR count). The zero-order valence-corrected chi connectivity index (χ0v) is 13.4. The molecule has 3 N–H and O–H groups in total. The zero-order valence-electron chi connectivity index (χ0n) is 12.6. The van der Waals surface area contributed by atoms with E-state index in [1.54, 1.807) is 18.2 Å². The molecule has 6 heteroatoms. The van der Waals surface area contributed by atoms with E-state index in [9.17, 15) is 8.42 Å². The van der Waals surface area contributed by atoms with Gasteiger partial charge in [0.15, 0.2) is 0 Å². The van der Waals surface area contributed by atoms with E-state index in [0.29, 0.717) is 25.2 Å². The summed E-state index contributed by atoms with van der Waals surface area (Å²) in [6, 6.07) is 7.24. The van der Waals surface area contributed by atoms with E-state index in [-0.39, 0.29) is 10.6 Å². The van der Waals surface area contributed by atoms with E-state index >= 15 is 0 Å². The quantitative estimate of drug-likeness (QED) is 0.751. The SMILES string of the molecule is CC(C)N(CCNS(=O)(=O)c1ccccc1N)C(C)C. The number of nitrogen functional groups attached to an aromatic ring is 1. The van der Waals surface area contributed by atoms with Gasteiger partial charge in [-0.1, -0.05) is 12.1 Å². The van der Waals surface area contributed by atoms with Crippen LogP contribution in [0.4, 0.5) is 5.69 Å². The van der Waals surface area contributed by atoms with E-state index in [0.717, 1.165) is 0 Å². The minimum absolute atomic E-state index is 0.139. The fourth-order valence-corrected chi connectivity index (χ4v) is 3.38. The van der Waals surface area contributed by atoms with Gasteiger partial charge in [0.1, 0.15) is 4.90 Å². The Kier molecular flexibility index (Phi) is 5.98. The molecule has 20 heavy (non-hydrogen) atoms. The smallest absolute Gasteiger partial charge is 0.242 e. The molecule has 0 unspecified atom stereocenters. The maximum absolute atomic E-state index is 12.2. The molecule has 1 aromatic rings. The number of anilines is 1. The minimum atomic E-state index is -3.54. The Labute approximate surface area is 122 Å². The van der Waals surface area contributed by atoms with E-state index < -0.39 is 10.0 Å². The van der Waals surface area contributed by atoms with Crippen molar-refractivity contribution in [3.8, 4) is 0 Å². The summed E-state index contributed by atoms with van der Waals surface area (Å²) in [5.41, 5.74) is 5.97. The maximum Gasteiger partial charge on any atom is 0.242 e. The molecule has 0 radical (unpaired) electrons. The Hall–Kier alpha value is -1.11. The fraction of sp³-hybridized carbons (Fsp3) is 0.571. The summed E-state index contributed by atoms with van der Waals surface area (Å²) in [5.74, 6) is 0. The zero-order chi connectivity index (χ0) is 15.3. The van der Waals surface area contributed by atoms with Gasteiger partial charge in [0.25, 0.3) is 0 Å². The van der Waals surface area contributed by atoms with Crippen molar-refractivity contribution >= 4 is 15.7 Å². The van der Waals surface area contributed by atoms with Gasteiger partial charge in [-0.3, -0.25) is 4.90 Å². The van der Waals surface area contributed by atoms with Gasteiger partial charge < -0.3 is 5.73 Å². The predicted octanol–water partition coefficient (Wildman–Crippen LogP) is 1.67. The van der Waals surface area contributed by atoms with E-state index in [1.165, 1.54) is 6.07 Å². The molecule has 5 nitrogen and oxygen atoms in total. The number of nitrogens with two attached hydrogens (primary N) is 1. The molecule has 0 bridgehead atoms. The van der Waals surface area contributed by atoms with Crippen molar-refractivity contribution in [2.24, 2.45) is 0 Å². The number of benzene rings is 1. The fourth-order valence-electron chi connectivity index (χ4n) is 2.22. The first-order chi connectivity index (χ1) is 9.25. The molecule has 0 aliphatic carbocycles. The Morgan fingerprint density at radius 1 is 1.15 bits per heavy atom. The Balaban J connectivity index is 2.68. The summed E-state index contributed by atoms with van der Waals surface area (Å²) in [4.78, 5) is 2.37.